The second-order valence-electron chi connectivity index (χ2n) is 7.51. The predicted octanol–water partition coefficient (Wildman–Crippen LogP) is 3.89. The lowest BCUT2D eigenvalue weighted by atomic mass is 10.1. The number of nitrogens with zero attached hydrogens (tertiary/aromatic N) is 3. The van der Waals surface area contributed by atoms with E-state index < -0.39 is 0 Å². The van der Waals surface area contributed by atoms with Crippen LogP contribution in [0, 0.1) is 0 Å². The van der Waals surface area contributed by atoms with E-state index in [1.165, 1.54) is 42.1 Å². The van der Waals surface area contributed by atoms with Crippen LogP contribution in [0.15, 0.2) is 30.5 Å². The van der Waals surface area contributed by atoms with Gasteiger partial charge in [0.25, 0.3) is 0 Å². The van der Waals surface area contributed by atoms with Crippen LogP contribution in [0.4, 0.5) is 0 Å². The first kappa shape index (κ1) is 18.0. The third-order valence-electron chi connectivity index (χ3n) is 5.10. The molecule has 1 fully saturated rings. The number of aromatic nitrogens is 1. The van der Waals surface area contributed by atoms with Crippen LogP contribution in [0.3, 0.4) is 0 Å². The van der Waals surface area contributed by atoms with Crippen LogP contribution in [0.2, 0.25) is 0 Å². The summed E-state index contributed by atoms with van der Waals surface area (Å²) in [4.78, 5) is 16.7. The third kappa shape index (κ3) is 4.63. The third-order valence-corrected chi connectivity index (χ3v) is 5.10. The molecule has 1 amide bonds. The van der Waals surface area contributed by atoms with Crippen LogP contribution in [0.1, 0.15) is 44.1 Å². The summed E-state index contributed by atoms with van der Waals surface area (Å²) in [6, 6.07) is 8.59. The van der Waals surface area contributed by atoms with Gasteiger partial charge in [-0.1, -0.05) is 31.0 Å². The number of aryl methyl sites for hydroxylation is 1. The smallest absolute Gasteiger partial charge is 0.222 e. The van der Waals surface area contributed by atoms with E-state index >= 15 is 0 Å². The summed E-state index contributed by atoms with van der Waals surface area (Å²) < 4.78 is 2.31. The van der Waals surface area contributed by atoms with Crippen molar-refractivity contribution in [3.05, 3.63) is 36.0 Å². The van der Waals surface area contributed by atoms with Gasteiger partial charge < -0.3 is 9.47 Å². The van der Waals surface area contributed by atoms with Crippen LogP contribution in [-0.4, -0.2) is 47.5 Å². The molecule has 3 rings (SSSR count). The summed E-state index contributed by atoms with van der Waals surface area (Å²) in [7, 11) is 4.18. The minimum Gasteiger partial charge on any atom is -0.343 e. The zero-order valence-electron chi connectivity index (χ0n) is 15.7. The molecule has 0 N–H and O–H groups in total. The fourth-order valence-electron chi connectivity index (χ4n) is 3.85. The van der Waals surface area contributed by atoms with Crippen molar-refractivity contribution in [2.75, 3.05) is 27.2 Å². The van der Waals surface area contributed by atoms with E-state index in [1.54, 1.807) is 0 Å². The van der Waals surface area contributed by atoms with E-state index in [0.717, 1.165) is 32.6 Å². The van der Waals surface area contributed by atoms with Gasteiger partial charge in [-0.15, -0.1) is 0 Å². The highest BCUT2D eigenvalue weighted by Gasteiger charge is 2.15. The first-order valence-corrected chi connectivity index (χ1v) is 9.64. The summed E-state index contributed by atoms with van der Waals surface area (Å²) >= 11 is 0. The van der Waals surface area contributed by atoms with Gasteiger partial charge in [-0.3, -0.25) is 9.69 Å². The molecular formula is C21H31N3O. The van der Waals surface area contributed by atoms with Crippen molar-refractivity contribution in [2.45, 2.75) is 51.6 Å². The maximum absolute atomic E-state index is 12.5. The van der Waals surface area contributed by atoms with Crippen molar-refractivity contribution in [3.63, 3.8) is 0 Å². The van der Waals surface area contributed by atoms with E-state index in [9.17, 15) is 4.79 Å². The van der Waals surface area contributed by atoms with Gasteiger partial charge in [0.2, 0.25) is 5.91 Å². The Morgan fingerprint density at radius 2 is 1.80 bits per heavy atom. The molecule has 1 aliphatic heterocycles. The normalized spacial score (nSPS) is 15.7. The summed E-state index contributed by atoms with van der Waals surface area (Å²) in [5.41, 5.74) is 2.64. The lowest BCUT2D eigenvalue weighted by Gasteiger charge is -2.20. The number of rotatable bonds is 6. The van der Waals surface area contributed by atoms with Crippen molar-refractivity contribution >= 4 is 16.8 Å². The molecule has 1 saturated heterocycles. The van der Waals surface area contributed by atoms with Crippen molar-refractivity contribution in [3.8, 4) is 0 Å². The molecular weight excluding hydrogens is 310 g/mol. The van der Waals surface area contributed by atoms with Gasteiger partial charge >= 0.3 is 0 Å². The molecule has 4 nitrogen and oxygen atoms in total. The number of carbonyl (C=O) groups excluding carboxylic acids is 1. The maximum Gasteiger partial charge on any atom is 0.222 e. The molecule has 1 aromatic carbocycles. The van der Waals surface area contributed by atoms with Gasteiger partial charge in [0, 0.05) is 36.6 Å². The molecule has 25 heavy (non-hydrogen) atoms. The highest BCUT2D eigenvalue weighted by molar-refractivity contribution is 5.84. The molecule has 2 heterocycles. The summed E-state index contributed by atoms with van der Waals surface area (Å²) in [6.07, 6.45) is 9.73. The Hall–Kier alpha value is -1.81. The number of para-hydroxylation sites is 1. The van der Waals surface area contributed by atoms with Crippen LogP contribution in [0.5, 0.6) is 0 Å². The maximum atomic E-state index is 12.5. The first-order valence-electron chi connectivity index (χ1n) is 9.64. The second kappa shape index (κ2) is 8.52. The number of benzene rings is 1. The topological polar surface area (TPSA) is 28.5 Å². The number of hydrogen-bond acceptors (Lipinski definition) is 2. The average Bonchev–Trinajstić information content (AvgIpc) is 2.78. The number of likely N-dealkylation sites (tertiary alicyclic amines) is 1. The first-order chi connectivity index (χ1) is 12.1. The standard InChI is InChI=1S/C21H31N3O/c1-22(2)17-24-16-18(19-11-5-6-12-20(19)24)10-9-13-21(25)23-14-7-3-4-8-15-23/h5-6,11-12,16H,3-4,7-10,13-15,17H2,1-2H3. The predicted molar refractivity (Wildman–Crippen MR) is 104 cm³/mol. The van der Waals surface area contributed by atoms with E-state index in [2.05, 4.69) is 58.9 Å². The van der Waals surface area contributed by atoms with Crippen LogP contribution < -0.4 is 0 Å². The minimum atomic E-state index is 0.346. The monoisotopic (exact) mass is 341 g/mol. The molecule has 0 radical (unpaired) electrons. The van der Waals surface area contributed by atoms with Gasteiger partial charge in [-0.2, -0.15) is 0 Å². The quantitative estimate of drug-likeness (QED) is 0.797. The average molecular weight is 341 g/mol. The molecule has 136 valence electrons. The van der Waals surface area contributed by atoms with E-state index in [4.69, 9.17) is 0 Å². The van der Waals surface area contributed by atoms with Crippen molar-refractivity contribution in [2.24, 2.45) is 0 Å². The van der Waals surface area contributed by atoms with Crippen LogP contribution in [0.25, 0.3) is 10.9 Å². The highest BCUT2D eigenvalue weighted by atomic mass is 16.2. The molecule has 1 aromatic heterocycles. The van der Waals surface area contributed by atoms with Crippen molar-refractivity contribution in [1.82, 2.24) is 14.4 Å². The second-order valence-corrected chi connectivity index (χ2v) is 7.51. The fraction of sp³-hybridized carbons (Fsp3) is 0.571. The Labute approximate surface area is 151 Å². The zero-order chi connectivity index (χ0) is 17.6. The Bertz CT molecular complexity index is 696. The zero-order valence-corrected chi connectivity index (χ0v) is 15.7. The van der Waals surface area contributed by atoms with Gasteiger partial charge in [-0.25, -0.2) is 0 Å². The lowest BCUT2D eigenvalue weighted by molar-refractivity contribution is -0.131. The molecule has 4 heteroatoms. The van der Waals surface area contributed by atoms with Crippen LogP contribution in [-0.2, 0) is 17.9 Å². The highest BCUT2D eigenvalue weighted by Crippen LogP contribution is 2.23. The summed E-state index contributed by atoms with van der Waals surface area (Å²) in [6.45, 7) is 2.80. The molecule has 0 aliphatic carbocycles. The summed E-state index contributed by atoms with van der Waals surface area (Å²) in [5, 5.41) is 1.33. The Morgan fingerprint density at radius 3 is 2.52 bits per heavy atom. The van der Waals surface area contributed by atoms with Crippen molar-refractivity contribution < 1.29 is 4.79 Å². The molecule has 0 bridgehead atoms. The Kier molecular flexibility index (Phi) is 6.14. The van der Waals surface area contributed by atoms with Gasteiger partial charge in [0.1, 0.15) is 0 Å². The van der Waals surface area contributed by atoms with E-state index in [0.29, 0.717) is 12.3 Å². The van der Waals surface area contributed by atoms with Gasteiger partial charge in [0.05, 0.1) is 6.67 Å². The van der Waals surface area contributed by atoms with Gasteiger partial charge in [-0.05, 0) is 51.4 Å². The van der Waals surface area contributed by atoms with E-state index in [-0.39, 0.29) is 0 Å². The summed E-state index contributed by atoms with van der Waals surface area (Å²) in [5.74, 6) is 0.346. The van der Waals surface area contributed by atoms with Gasteiger partial charge in [0.15, 0.2) is 0 Å². The Morgan fingerprint density at radius 1 is 1.08 bits per heavy atom. The molecule has 1 aliphatic rings. The number of amides is 1. The number of hydrogen-bond donors (Lipinski definition) is 0. The number of carbonyl (C=O) groups is 1. The number of fused-ring (bicyclic) bond motifs is 1. The van der Waals surface area contributed by atoms with E-state index in [1.807, 2.05) is 0 Å². The largest absolute Gasteiger partial charge is 0.343 e. The molecule has 0 saturated carbocycles. The lowest BCUT2D eigenvalue weighted by Crippen LogP contribution is -2.31. The SMILES string of the molecule is CN(C)Cn1cc(CCCC(=O)N2CCCCCC2)c2ccccc21. The minimum absolute atomic E-state index is 0.346. The molecule has 2 aromatic rings. The molecule has 0 spiro atoms. The molecule has 0 unspecified atom stereocenters. The Balaban J connectivity index is 1.62. The fourth-order valence-corrected chi connectivity index (χ4v) is 3.85. The van der Waals surface area contributed by atoms with Crippen molar-refractivity contribution in [1.29, 1.82) is 0 Å². The van der Waals surface area contributed by atoms with Crippen LogP contribution >= 0.6 is 0 Å². The molecule has 0 atom stereocenters.